The van der Waals surface area contributed by atoms with Crippen LogP contribution in [0, 0.1) is 0 Å². The molecule has 4 N–H and O–H groups in total. The minimum Gasteiger partial charge on any atom is -0.396 e. The molecule has 236 valence electrons. The van der Waals surface area contributed by atoms with E-state index in [1.54, 1.807) is 11.8 Å². The van der Waals surface area contributed by atoms with Gasteiger partial charge in [0.25, 0.3) is 0 Å². The Morgan fingerprint density at radius 1 is 0.864 bits per heavy atom. The standard InChI is InChI=1S/C35H44N2O6S/c1-25(40)36-16-4-2-3-11-34(41)37-22-27-7-5-8-29(19-27)30-9-6-10-31(20-30)35-42-32(24-44-18-17-38)21-33(43-35)28-14-12-26(23-39)13-15-28/h5-10,12-15,19-20,32-33,35,38-39H,2-4,11,16-18,21-24H2,1H3,(H,36,40)(H,37,41). The second kappa shape index (κ2) is 17.9. The third-order valence-electron chi connectivity index (χ3n) is 7.52. The van der Waals surface area contributed by atoms with Gasteiger partial charge in [-0.2, -0.15) is 11.8 Å². The van der Waals surface area contributed by atoms with Crippen LogP contribution >= 0.6 is 11.8 Å². The Kier molecular flexibility index (Phi) is 13.7. The van der Waals surface area contributed by atoms with Crippen LogP contribution < -0.4 is 10.6 Å². The third kappa shape index (κ3) is 10.7. The molecule has 4 rings (SSSR count). The van der Waals surface area contributed by atoms with E-state index in [0.29, 0.717) is 31.7 Å². The van der Waals surface area contributed by atoms with Crippen molar-refractivity contribution in [3.63, 3.8) is 0 Å². The lowest BCUT2D eigenvalue weighted by molar-refractivity contribution is -0.245. The molecule has 44 heavy (non-hydrogen) atoms. The summed E-state index contributed by atoms with van der Waals surface area (Å²) in [7, 11) is 0. The summed E-state index contributed by atoms with van der Waals surface area (Å²) in [6.45, 7) is 2.74. The minimum atomic E-state index is -0.549. The molecule has 1 aliphatic rings. The fourth-order valence-corrected chi connectivity index (χ4v) is 5.94. The first-order valence-corrected chi connectivity index (χ1v) is 16.5. The first-order chi connectivity index (χ1) is 21.4. The lowest BCUT2D eigenvalue weighted by atomic mass is 9.99. The van der Waals surface area contributed by atoms with E-state index >= 15 is 0 Å². The van der Waals surface area contributed by atoms with Gasteiger partial charge < -0.3 is 30.3 Å². The zero-order valence-electron chi connectivity index (χ0n) is 25.4. The maximum absolute atomic E-state index is 12.4. The van der Waals surface area contributed by atoms with E-state index < -0.39 is 6.29 Å². The van der Waals surface area contributed by atoms with Crippen molar-refractivity contribution in [3.05, 3.63) is 95.1 Å². The zero-order valence-corrected chi connectivity index (χ0v) is 26.2. The van der Waals surface area contributed by atoms with Crippen molar-refractivity contribution in [2.45, 2.75) is 70.7 Å². The number of rotatable bonds is 16. The van der Waals surface area contributed by atoms with Crippen molar-refractivity contribution in [1.82, 2.24) is 10.6 Å². The molecule has 9 heteroatoms. The van der Waals surface area contributed by atoms with Crippen LogP contribution in [0.4, 0.5) is 0 Å². The number of benzene rings is 3. The molecule has 3 aromatic carbocycles. The van der Waals surface area contributed by atoms with Gasteiger partial charge in [-0.15, -0.1) is 0 Å². The monoisotopic (exact) mass is 620 g/mol. The van der Waals surface area contributed by atoms with Crippen LogP contribution in [0.1, 0.15) is 73.7 Å². The molecule has 1 fully saturated rings. The molecule has 2 amide bonds. The second-order valence-corrected chi connectivity index (χ2v) is 12.2. The molecule has 0 bridgehead atoms. The van der Waals surface area contributed by atoms with Crippen LogP contribution in [0.3, 0.4) is 0 Å². The summed E-state index contributed by atoms with van der Waals surface area (Å²) in [5, 5.41) is 24.5. The van der Waals surface area contributed by atoms with Crippen molar-refractivity contribution in [2.24, 2.45) is 0 Å². The predicted molar refractivity (Wildman–Crippen MR) is 174 cm³/mol. The highest BCUT2D eigenvalue weighted by Crippen LogP contribution is 2.39. The number of carbonyl (C=O) groups is 2. The van der Waals surface area contributed by atoms with E-state index in [-0.39, 0.29) is 37.2 Å². The van der Waals surface area contributed by atoms with Crippen LogP contribution in [0.25, 0.3) is 11.1 Å². The summed E-state index contributed by atoms with van der Waals surface area (Å²) in [6, 6.07) is 24.2. The smallest absolute Gasteiger partial charge is 0.220 e. The summed E-state index contributed by atoms with van der Waals surface area (Å²) in [5.74, 6) is 1.42. The van der Waals surface area contributed by atoms with E-state index in [9.17, 15) is 19.8 Å². The van der Waals surface area contributed by atoms with E-state index in [1.165, 1.54) is 6.92 Å². The van der Waals surface area contributed by atoms with Crippen molar-refractivity contribution in [2.75, 3.05) is 24.7 Å². The fourth-order valence-electron chi connectivity index (χ4n) is 5.17. The Labute approximate surface area is 264 Å². The summed E-state index contributed by atoms with van der Waals surface area (Å²) in [6.07, 6.45) is 2.98. The minimum absolute atomic E-state index is 0.000450. The highest BCUT2D eigenvalue weighted by molar-refractivity contribution is 7.99. The van der Waals surface area contributed by atoms with Gasteiger partial charge in [0.15, 0.2) is 6.29 Å². The number of aliphatic hydroxyl groups is 2. The summed E-state index contributed by atoms with van der Waals surface area (Å²) < 4.78 is 12.9. The molecule has 8 nitrogen and oxygen atoms in total. The molecule has 0 saturated carbocycles. The van der Waals surface area contributed by atoms with Crippen LogP contribution in [0.15, 0.2) is 72.8 Å². The molecule has 3 atom stereocenters. The lowest BCUT2D eigenvalue weighted by Crippen LogP contribution is -2.31. The molecular formula is C35H44N2O6S. The van der Waals surface area contributed by atoms with Gasteiger partial charge in [-0.05, 0) is 52.8 Å². The van der Waals surface area contributed by atoms with E-state index in [2.05, 4.69) is 34.9 Å². The maximum Gasteiger partial charge on any atom is 0.220 e. The average molecular weight is 621 g/mol. The first kappa shape index (κ1) is 33.7. The van der Waals surface area contributed by atoms with Crippen molar-refractivity contribution >= 4 is 23.6 Å². The first-order valence-electron chi connectivity index (χ1n) is 15.3. The number of hydrogen-bond donors (Lipinski definition) is 4. The lowest BCUT2D eigenvalue weighted by Gasteiger charge is -2.36. The quantitative estimate of drug-likeness (QED) is 0.158. The van der Waals surface area contributed by atoms with Crippen molar-refractivity contribution < 1.29 is 29.3 Å². The van der Waals surface area contributed by atoms with Gasteiger partial charge in [-0.1, -0.05) is 67.1 Å². The number of carbonyl (C=O) groups excluding carboxylic acids is 2. The fraction of sp³-hybridized carbons (Fsp3) is 0.429. The highest BCUT2D eigenvalue weighted by atomic mass is 32.2. The van der Waals surface area contributed by atoms with E-state index in [1.807, 2.05) is 48.5 Å². The van der Waals surface area contributed by atoms with Gasteiger partial charge in [0, 0.05) is 49.9 Å². The molecule has 1 aliphatic heterocycles. The molecular weight excluding hydrogens is 576 g/mol. The Balaban J connectivity index is 1.39. The Morgan fingerprint density at radius 2 is 1.64 bits per heavy atom. The summed E-state index contributed by atoms with van der Waals surface area (Å²) in [5.41, 5.74) is 5.92. The normalized spacial score (nSPS) is 18.1. The average Bonchev–Trinajstić information content (AvgIpc) is 3.05. The number of thioether (sulfide) groups is 1. The van der Waals surface area contributed by atoms with E-state index in [0.717, 1.165) is 58.4 Å². The molecule has 0 spiro atoms. The topological polar surface area (TPSA) is 117 Å². The largest absolute Gasteiger partial charge is 0.396 e. The van der Waals surface area contributed by atoms with Gasteiger partial charge >= 0.3 is 0 Å². The Bertz CT molecular complexity index is 1330. The van der Waals surface area contributed by atoms with Crippen molar-refractivity contribution in [1.29, 1.82) is 0 Å². The van der Waals surface area contributed by atoms with Gasteiger partial charge in [-0.3, -0.25) is 9.59 Å². The molecule has 1 heterocycles. The third-order valence-corrected chi connectivity index (χ3v) is 8.60. The van der Waals surface area contributed by atoms with Crippen LogP contribution in [-0.2, 0) is 32.2 Å². The molecule has 3 unspecified atom stereocenters. The Morgan fingerprint density at radius 3 is 2.39 bits per heavy atom. The number of nitrogens with one attached hydrogen (secondary N) is 2. The van der Waals surface area contributed by atoms with Crippen LogP contribution in [0.5, 0.6) is 0 Å². The second-order valence-electron chi connectivity index (χ2n) is 11.0. The van der Waals surface area contributed by atoms with E-state index in [4.69, 9.17) is 9.47 Å². The van der Waals surface area contributed by atoms with Gasteiger partial charge in [0.2, 0.25) is 11.8 Å². The molecule has 0 aromatic heterocycles. The van der Waals surface area contributed by atoms with Crippen molar-refractivity contribution in [3.8, 4) is 11.1 Å². The SMILES string of the molecule is CC(=O)NCCCCCC(=O)NCc1cccc(-c2cccc(C3OC(CSCCO)CC(c4ccc(CO)cc4)O3)c2)c1. The van der Waals surface area contributed by atoms with Gasteiger partial charge in [0.05, 0.1) is 25.4 Å². The number of ether oxygens (including phenoxy) is 2. The molecule has 3 aromatic rings. The number of aliphatic hydroxyl groups excluding tert-OH is 2. The van der Waals surface area contributed by atoms with Crippen LogP contribution in [-0.4, -0.2) is 52.8 Å². The van der Waals surface area contributed by atoms with Gasteiger partial charge in [0.1, 0.15) is 0 Å². The maximum atomic E-state index is 12.4. The Hall–Kier alpha value is -3.21. The predicted octanol–water partition coefficient (Wildman–Crippen LogP) is 5.43. The summed E-state index contributed by atoms with van der Waals surface area (Å²) >= 11 is 1.67. The zero-order chi connectivity index (χ0) is 31.1. The number of hydrogen-bond acceptors (Lipinski definition) is 7. The number of amides is 2. The number of unbranched alkanes of at least 4 members (excludes halogenated alkanes) is 2. The molecule has 0 aliphatic carbocycles. The molecule has 0 radical (unpaired) electrons. The highest BCUT2D eigenvalue weighted by Gasteiger charge is 2.32. The molecule has 1 saturated heterocycles. The van der Waals surface area contributed by atoms with Gasteiger partial charge in [-0.25, -0.2) is 0 Å². The summed E-state index contributed by atoms with van der Waals surface area (Å²) in [4.78, 5) is 23.3. The van der Waals surface area contributed by atoms with Crippen LogP contribution in [0.2, 0.25) is 0 Å².